The summed E-state index contributed by atoms with van der Waals surface area (Å²) in [5.74, 6) is -1.21. The highest BCUT2D eigenvalue weighted by atomic mass is 35.5. The first-order valence-corrected chi connectivity index (χ1v) is 5.36. The Hall–Kier alpha value is -0.970. The summed E-state index contributed by atoms with van der Waals surface area (Å²) in [5, 5.41) is 3.62. The molecular weight excluding hydrogens is 252 g/mol. The third kappa shape index (κ3) is 2.40. The van der Waals surface area contributed by atoms with Crippen LogP contribution in [0.25, 0.3) is 0 Å². The Morgan fingerprint density at radius 1 is 1.12 bits per heavy atom. The minimum absolute atomic E-state index is 0. The molecule has 0 bridgehead atoms. The number of benzene rings is 1. The molecule has 0 spiro atoms. The van der Waals surface area contributed by atoms with E-state index in [2.05, 4.69) is 0 Å². The van der Waals surface area contributed by atoms with Gasteiger partial charge in [-0.25, -0.2) is 8.78 Å². The lowest BCUT2D eigenvalue weighted by Crippen LogP contribution is -2.14. The monoisotopic (exact) mass is 261 g/mol. The fourth-order valence-corrected chi connectivity index (χ4v) is 2.12. The van der Waals surface area contributed by atoms with Gasteiger partial charge in [0.15, 0.2) is 0 Å². The maximum absolute atomic E-state index is 13.4. The summed E-state index contributed by atoms with van der Waals surface area (Å²) in [6, 6.07) is 4.78. The van der Waals surface area contributed by atoms with Crippen molar-refractivity contribution in [3.8, 4) is 0 Å². The predicted molar refractivity (Wildman–Crippen MR) is 64.0 cm³/mol. The topological polar surface area (TPSA) is 26.0 Å². The molecule has 0 saturated carbocycles. The molecule has 1 aromatic carbocycles. The predicted octanol–water partition coefficient (Wildman–Crippen LogP) is 3.50. The van der Waals surface area contributed by atoms with Crippen LogP contribution in [-0.4, -0.2) is 0 Å². The maximum atomic E-state index is 13.4. The molecule has 1 nitrogen and oxygen atoms in total. The summed E-state index contributed by atoms with van der Waals surface area (Å²) in [5.41, 5.74) is 6.44. The molecule has 2 N–H and O–H groups in total. The molecule has 0 radical (unpaired) electrons. The quantitative estimate of drug-likeness (QED) is 0.880. The van der Waals surface area contributed by atoms with E-state index in [4.69, 9.17) is 5.73 Å². The third-order valence-corrected chi connectivity index (χ3v) is 2.91. The summed E-state index contributed by atoms with van der Waals surface area (Å²) in [6.07, 6.45) is 0. The highest BCUT2D eigenvalue weighted by Crippen LogP contribution is 2.25. The molecule has 0 fully saturated rings. The summed E-state index contributed by atoms with van der Waals surface area (Å²) in [7, 11) is 0. The van der Waals surface area contributed by atoms with Crippen molar-refractivity contribution >= 4 is 23.7 Å². The van der Waals surface area contributed by atoms with Crippen LogP contribution in [0.5, 0.6) is 0 Å². The van der Waals surface area contributed by atoms with Crippen LogP contribution >= 0.6 is 23.7 Å². The number of hydrogen-bond donors (Lipinski definition) is 1. The molecule has 16 heavy (non-hydrogen) atoms. The molecule has 0 aliphatic rings. The van der Waals surface area contributed by atoms with Crippen LogP contribution < -0.4 is 5.73 Å². The summed E-state index contributed by atoms with van der Waals surface area (Å²) in [4.78, 5) is 0. The largest absolute Gasteiger partial charge is 0.320 e. The molecule has 0 unspecified atom stereocenters. The Bertz CT molecular complexity index is 439. The van der Waals surface area contributed by atoms with E-state index in [1.165, 1.54) is 29.5 Å². The van der Waals surface area contributed by atoms with Crippen molar-refractivity contribution in [1.82, 2.24) is 0 Å². The molecule has 0 aliphatic carbocycles. The van der Waals surface area contributed by atoms with Crippen molar-refractivity contribution in [2.24, 2.45) is 5.73 Å². The number of hydrogen-bond acceptors (Lipinski definition) is 2. The van der Waals surface area contributed by atoms with Gasteiger partial charge in [0, 0.05) is 5.56 Å². The maximum Gasteiger partial charge on any atom is 0.131 e. The number of nitrogens with two attached hydrogens (primary N) is 1. The summed E-state index contributed by atoms with van der Waals surface area (Å²) >= 11 is 1.45. The molecule has 0 amide bonds. The zero-order valence-electron chi connectivity index (χ0n) is 8.19. The van der Waals surface area contributed by atoms with Gasteiger partial charge in [0.2, 0.25) is 0 Å². The molecule has 1 heterocycles. The van der Waals surface area contributed by atoms with Crippen LogP contribution in [-0.2, 0) is 0 Å². The molecule has 1 atom stereocenters. The molecule has 86 valence electrons. The van der Waals surface area contributed by atoms with Crippen LogP contribution in [0.1, 0.15) is 17.2 Å². The fraction of sp³-hybridized carbons (Fsp3) is 0.0909. The SMILES string of the molecule is Cl.N[C@@H](c1ccsc1)c1c(F)cccc1F. The molecule has 5 heteroatoms. The molecule has 2 aromatic rings. The van der Waals surface area contributed by atoms with Gasteiger partial charge in [0.05, 0.1) is 6.04 Å². The average Bonchev–Trinajstić information content (AvgIpc) is 2.69. The van der Waals surface area contributed by atoms with Gasteiger partial charge in [0.25, 0.3) is 0 Å². The van der Waals surface area contributed by atoms with E-state index in [0.29, 0.717) is 0 Å². The molecular formula is C11H10ClF2NS. The lowest BCUT2D eigenvalue weighted by atomic mass is 10.0. The Morgan fingerprint density at radius 2 is 1.75 bits per heavy atom. The third-order valence-electron chi connectivity index (χ3n) is 2.21. The summed E-state index contributed by atoms with van der Waals surface area (Å²) in [6.45, 7) is 0. The van der Waals surface area contributed by atoms with E-state index in [0.717, 1.165) is 5.56 Å². The van der Waals surface area contributed by atoms with Crippen molar-refractivity contribution in [1.29, 1.82) is 0 Å². The Kier molecular flexibility index (Phi) is 4.41. The van der Waals surface area contributed by atoms with Crippen molar-refractivity contribution in [3.63, 3.8) is 0 Å². The van der Waals surface area contributed by atoms with E-state index in [9.17, 15) is 8.78 Å². The van der Waals surface area contributed by atoms with Gasteiger partial charge in [-0.15, -0.1) is 12.4 Å². The van der Waals surface area contributed by atoms with Crippen LogP contribution in [0.15, 0.2) is 35.0 Å². The smallest absolute Gasteiger partial charge is 0.131 e. The molecule has 0 aliphatic heterocycles. The first-order valence-electron chi connectivity index (χ1n) is 4.41. The zero-order valence-corrected chi connectivity index (χ0v) is 9.82. The van der Waals surface area contributed by atoms with Crippen LogP contribution in [0.4, 0.5) is 8.78 Å². The molecule has 2 rings (SSSR count). The van der Waals surface area contributed by atoms with Crippen molar-refractivity contribution in [2.45, 2.75) is 6.04 Å². The zero-order chi connectivity index (χ0) is 10.8. The second-order valence-electron chi connectivity index (χ2n) is 3.17. The molecule has 1 aromatic heterocycles. The van der Waals surface area contributed by atoms with Gasteiger partial charge in [-0.1, -0.05) is 6.07 Å². The minimum Gasteiger partial charge on any atom is -0.320 e. The number of rotatable bonds is 2. The second-order valence-corrected chi connectivity index (χ2v) is 3.95. The van der Waals surface area contributed by atoms with Gasteiger partial charge in [-0.3, -0.25) is 0 Å². The second kappa shape index (κ2) is 5.39. The lowest BCUT2D eigenvalue weighted by Gasteiger charge is -2.12. The highest BCUT2D eigenvalue weighted by Gasteiger charge is 2.17. The van der Waals surface area contributed by atoms with Gasteiger partial charge >= 0.3 is 0 Å². The summed E-state index contributed by atoms with van der Waals surface area (Å²) < 4.78 is 26.8. The Morgan fingerprint density at radius 3 is 2.25 bits per heavy atom. The lowest BCUT2D eigenvalue weighted by molar-refractivity contribution is 0.543. The standard InChI is InChI=1S/C11H9F2NS.ClH/c12-8-2-1-3-9(13)10(8)11(14)7-4-5-15-6-7;/h1-6,11H,14H2;1H/t11-;/m0./s1. The van der Waals surface area contributed by atoms with Crippen molar-refractivity contribution < 1.29 is 8.78 Å². The number of thiophene rings is 1. The van der Waals surface area contributed by atoms with Crippen LogP contribution in [0.2, 0.25) is 0 Å². The van der Waals surface area contributed by atoms with E-state index in [-0.39, 0.29) is 18.0 Å². The van der Waals surface area contributed by atoms with E-state index in [1.807, 2.05) is 5.38 Å². The van der Waals surface area contributed by atoms with Gasteiger partial charge < -0.3 is 5.73 Å². The van der Waals surface area contributed by atoms with E-state index in [1.54, 1.807) is 11.4 Å². The average molecular weight is 262 g/mol. The Labute approximate surface area is 102 Å². The van der Waals surface area contributed by atoms with E-state index >= 15 is 0 Å². The van der Waals surface area contributed by atoms with Crippen molar-refractivity contribution in [3.05, 3.63) is 57.8 Å². The first-order chi connectivity index (χ1) is 7.20. The molecule has 0 saturated heterocycles. The van der Waals surface area contributed by atoms with Crippen LogP contribution in [0.3, 0.4) is 0 Å². The fourth-order valence-electron chi connectivity index (χ4n) is 1.43. The highest BCUT2D eigenvalue weighted by molar-refractivity contribution is 7.08. The first kappa shape index (κ1) is 13.1. The van der Waals surface area contributed by atoms with Gasteiger partial charge in [-0.2, -0.15) is 11.3 Å². The van der Waals surface area contributed by atoms with Gasteiger partial charge in [-0.05, 0) is 34.5 Å². The van der Waals surface area contributed by atoms with Gasteiger partial charge in [0.1, 0.15) is 11.6 Å². The minimum atomic E-state index is -0.738. The number of halogens is 3. The van der Waals surface area contributed by atoms with E-state index < -0.39 is 17.7 Å². The van der Waals surface area contributed by atoms with Crippen molar-refractivity contribution in [2.75, 3.05) is 0 Å². The Balaban J connectivity index is 0.00000128. The van der Waals surface area contributed by atoms with Crippen LogP contribution in [0, 0.1) is 11.6 Å². The normalized spacial score (nSPS) is 11.9.